The van der Waals surface area contributed by atoms with E-state index in [1.165, 1.54) is 7.11 Å². The lowest BCUT2D eigenvalue weighted by molar-refractivity contribution is 0.0600. The fourth-order valence-corrected chi connectivity index (χ4v) is 2.21. The number of carbonyl (C=O) groups excluding carboxylic acids is 1. The highest BCUT2D eigenvalue weighted by atomic mass is 16.5. The Morgan fingerprint density at radius 3 is 2.76 bits per heavy atom. The number of hydrogen-bond donors (Lipinski definition) is 0. The normalized spacial score (nSPS) is 10.6. The van der Waals surface area contributed by atoms with Crippen LogP contribution in [0.5, 0.6) is 5.75 Å². The van der Waals surface area contributed by atoms with Crippen LogP contribution >= 0.6 is 0 Å². The van der Waals surface area contributed by atoms with E-state index in [4.69, 9.17) is 9.47 Å². The lowest BCUT2D eigenvalue weighted by atomic mass is 10.1. The number of benzene rings is 1. The Kier molecular flexibility index (Phi) is 3.31. The van der Waals surface area contributed by atoms with Gasteiger partial charge >= 0.3 is 5.97 Å². The zero-order valence-corrected chi connectivity index (χ0v) is 11.7. The molecule has 106 valence electrons. The first-order valence-electron chi connectivity index (χ1n) is 6.43. The first kappa shape index (κ1) is 13.2. The quantitative estimate of drug-likeness (QED) is 0.693. The third kappa shape index (κ3) is 2.33. The van der Waals surface area contributed by atoms with Crippen molar-refractivity contribution in [1.82, 2.24) is 9.38 Å². The summed E-state index contributed by atoms with van der Waals surface area (Å²) in [5, 5.41) is 0. The van der Waals surface area contributed by atoms with Gasteiger partial charge in [0.2, 0.25) is 0 Å². The van der Waals surface area contributed by atoms with Gasteiger partial charge in [0.05, 0.1) is 25.5 Å². The van der Waals surface area contributed by atoms with Gasteiger partial charge in [-0.05, 0) is 24.3 Å². The summed E-state index contributed by atoms with van der Waals surface area (Å²) in [4.78, 5) is 16.1. The molecule has 0 bridgehead atoms. The van der Waals surface area contributed by atoms with Gasteiger partial charge in [-0.1, -0.05) is 12.1 Å². The Morgan fingerprint density at radius 1 is 1.19 bits per heavy atom. The number of para-hydroxylation sites is 1. The summed E-state index contributed by atoms with van der Waals surface area (Å²) in [6.45, 7) is 0. The molecule has 0 radical (unpaired) electrons. The van der Waals surface area contributed by atoms with Crippen LogP contribution in [-0.2, 0) is 4.74 Å². The molecule has 3 aromatic rings. The van der Waals surface area contributed by atoms with Crippen LogP contribution in [0, 0.1) is 0 Å². The van der Waals surface area contributed by atoms with Gasteiger partial charge in [0.1, 0.15) is 11.4 Å². The molecule has 0 saturated carbocycles. The summed E-state index contributed by atoms with van der Waals surface area (Å²) in [5.74, 6) is 0.383. The number of imidazole rings is 1. The van der Waals surface area contributed by atoms with E-state index < -0.39 is 0 Å². The minimum absolute atomic E-state index is 0.376. The third-order valence-electron chi connectivity index (χ3n) is 3.26. The van der Waals surface area contributed by atoms with Crippen LogP contribution in [0.25, 0.3) is 16.9 Å². The Morgan fingerprint density at radius 2 is 2.00 bits per heavy atom. The predicted octanol–water partition coefficient (Wildman–Crippen LogP) is 2.80. The number of fused-ring (bicyclic) bond motifs is 1. The number of pyridine rings is 1. The van der Waals surface area contributed by atoms with Crippen LogP contribution in [0.4, 0.5) is 0 Å². The maximum Gasteiger partial charge on any atom is 0.338 e. The molecular weight excluding hydrogens is 268 g/mol. The van der Waals surface area contributed by atoms with Crippen LogP contribution in [0.15, 0.2) is 48.8 Å². The minimum atomic E-state index is -0.376. The van der Waals surface area contributed by atoms with E-state index in [0.717, 1.165) is 17.0 Å². The summed E-state index contributed by atoms with van der Waals surface area (Å²) < 4.78 is 11.9. The van der Waals surface area contributed by atoms with Crippen molar-refractivity contribution in [3.8, 4) is 17.0 Å². The molecule has 5 nitrogen and oxygen atoms in total. The van der Waals surface area contributed by atoms with Crippen molar-refractivity contribution < 1.29 is 14.3 Å². The summed E-state index contributed by atoms with van der Waals surface area (Å²) in [5.41, 5.74) is 2.85. The van der Waals surface area contributed by atoms with Crippen molar-refractivity contribution in [2.45, 2.75) is 0 Å². The van der Waals surface area contributed by atoms with Crippen LogP contribution in [-0.4, -0.2) is 29.6 Å². The smallest absolute Gasteiger partial charge is 0.338 e. The molecule has 0 amide bonds. The molecule has 0 aliphatic carbocycles. The number of nitrogens with zero attached hydrogens (tertiary/aromatic N) is 2. The maximum atomic E-state index is 11.6. The molecule has 0 aliphatic rings. The van der Waals surface area contributed by atoms with E-state index >= 15 is 0 Å². The molecule has 3 rings (SSSR count). The molecule has 0 atom stereocenters. The van der Waals surface area contributed by atoms with Gasteiger partial charge < -0.3 is 13.9 Å². The number of aromatic nitrogens is 2. The van der Waals surface area contributed by atoms with Crippen molar-refractivity contribution >= 4 is 11.6 Å². The highest BCUT2D eigenvalue weighted by Crippen LogP contribution is 2.29. The Hall–Kier alpha value is -2.82. The van der Waals surface area contributed by atoms with Crippen LogP contribution in [0.3, 0.4) is 0 Å². The second-order valence-electron chi connectivity index (χ2n) is 4.50. The molecule has 0 spiro atoms. The number of carbonyl (C=O) groups is 1. The molecule has 0 fully saturated rings. The standard InChI is InChI=1S/C16H14N2O3/c1-20-14-6-4-3-5-12(14)13-10-18-8-7-11(16(19)21-2)9-15(18)17-13/h3-10H,1-2H3. The van der Waals surface area contributed by atoms with Gasteiger partial charge in [-0.3, -0.25) is 0 Å². The third-order valence-corrected chi connectivity index (χ3v) is 3.26. The number of ether oxygens (including phenoxy) is 2. The molecule has 2 heterocycles. The summed E-state index contributed by atoms with van der Waals surface area (Å²) in [7, 11) is 2.99. The topological polar surface area (TPSA) is 52.8 Å². The van der Waals surface area contributed by atoms with Gasteiger partial charge in [-0.25, -0.2) is 9.78 Å². The van der Waals surface area contributed by atoms with E-state index in [1.54, 1.807) is 25.4 Å². The van der Waals surface area contributed by atoms with Gasteiger partial charge in [0.15, 0.2) is 0 Å². The van der Waals surface area contributed by atoms with Crippen LogP contribution < -0.4 is 4.74 Å². The molecule has 0 saturated heterocycles. The minimum Gasteiger partial charge on any atom is -0.496 e. The second-order valence-corrected chi connectivity index (χ2v) is 4.50. The Labute approximate surface area is 121 Å². The largest absolute Gasteiger partial charge is 0.496 e. The first-order valence-corrected chi connectivity index (χ1v) is 6.43. The first-order chi connectivity index (χ1) is 10.2. The van der Waals surface area contributed by atoms with Gasteiger partial charge in [0, 0.05) is 18.0 Å². The molecule has 5 heteroatoms. The molecule has 0 N–H and O–H groups in total. The zero-order valence-electron chi connectivity index (χ0n) is 11.7. The summed E-state index contributed by atoms with van der Waals surface area (Å²) in [6, 6.07) is 11.1. The van der Waals surface area contributed by atoms with Crippen LogP contribution in [0.1, 0.15) is 10.4 Å². The van der Waals surface area contributed by atoms with E-state index in [0.29, 0.717) is 11.2 Å². The summed E-state index contributed by atoms with van der Waals surface area (Å²) >= 11 is 0. The maximum absolute atomic E-state index is 11.6. The van der Waals surface area contributed by atoms with E-state index in [9.17, 15) is 4.79 Å². The van der Waals surface area contributed by atoms with Crippen molar-refractivity contribution in [3.05, 3.63) is 54.4 Å². The number of esters is 1. The lowest BCUT2D eigenvalue weighted by Crippen LogP contribution is -2.01. The van der Waals surface area contributed by atoms with Crippen molar-refractivity contribution in [2.75, 3.05) is 14.2 Å². The molecule has 1 aromatic carbocycles. The molecule has 2 aromatic heterocycles. The van der Waals surface area contributed by atoms with Gasteiger partial charge in [0.25, 0.3) is 0 Å². The van der Waals surface area contributed by atoms with Crippen molar-refractivity contribution in [1.29, 1.82) is 0 Å². The van der Waals surface area contributed by atoms with E-state index in [2.05, 4.69) is 4.98 Å². The van der Waals surface area contributed by atoms with Gasteiger partial charge in [-0.2, -0.15) is 0 Å². The fraction of sp³-hybridized carbons (Fsp3) is 0.125. The molecule has 0 aliphatic heterocycles. The predicted molar refractivity (Wildman–Crippen MR) is 78.5 cm³/mol. The highest BCUT2D eigenvalue weighted by molar-refractivity contribution is 5.90. The zero-order chi connectivity index (χ0) is 14.8. The summed E-state index contributed by atoms with van der Waals surface area (Å²) in [6.07, 6.45) is 3.68. The van der Waals surface area contributed by atoms with Crippen molar-refractivity contribution in [3.63, 3.8) is 0 Å². The molecule has 21 heavy (non-hydrogen) atoms. The highest BCUT2D eigenvalue weighted by Gasteiger charge is 2.11. The molecular formula is C16H14N2O3. The fourth-order valence-electron chi connectivity index (χ4n) is 2.21. The number of methoxy groups -OCH3 is 2. The van der Waals surface area contributed by atoms with Crippen molar-refractivity contribution in [2.24, 2.45) is 0 Å². The average molecular weight is 282 g/mol. The average Bonchev–Trinajstić information content (AvgIpc) is 2.96. The van der Waals surface area contributed by atoms with Gasteiger partial charge in [-0.15, -0.1) is 0 Å². The second kappa shape index (κ2) is 5.28. The Balaban J connectivity index is 2.11. The van der Waals surface area contributed by atoms with E-state index in [1.807, 2.05) is 34.9 Å². The van der Waals surface area contributed by atoms with Crippen LogP contribution in [0.2, 0.25) is 0 Å². The van der Waals surface area contributed by atoms with E-state index in [-0.39, 0.29) is 5.97 Å². The molecule has 0 unspecified atom stereocenters. The monoisotopic (exact) mass is 282 g/mol. The number of rotatable bonds is 3. The lowest BCUT2D eigenvalue weighted by Gasteiger charge is -2.04. The Bertz CT molecular complexity index is 808. The SMILES string of the molecule is COC(=O)c1ccn2cc(-c3ccccc3OC)nc2c1. The number of hydrogen-bond acceptors (Lipinski definition) is 4.